The second-order valence-electron chi connectivity index (χ2n) is 18.5. The maximum Gasteiger partial charge on any atom is 0.164 e. The number of benzene rings is 11. The molecule has 74 heavy (non-hydrogen) atoms. The Hall–Kier alpha value is -9.35. The van der Waals surface area contributed by atoms with E-state index in [0.717, 1.165) is 61.4 Å². The van der Waals surface area contributed by atoms with E-state index in [1.54, 1.807) is 0 Å². The van der Waals surface area contributed by atoms with Crippen LogP contribution in [-0.2, 0) is 5.41 Å². The molecule has 0 spiro atoms. The maximum atomic E-state index is 10.0. The highest BCUT2D eigenvalue weighted by atomic mass is 32.1. The summed E-state index contributed by atoms with van der Waals surface area (Å²) in [6.07, 6.45) is 0. The van der Waals surface area contributed by atoms with E-state index < -0.39 is 5.41 Å². The predicted molar refractivity (Wildman–Crippen MR) is 308 cm³/mol. The van der Waals surface area contributed by atoms with Crippen LogP contribution in [0, 0.1) is 0 Å². The normalized spacial score (nSPS) is 13.6. The standard InChI is InChI=1S/C70H45N3S/c1-5-19-46(20-6-1)52-41-53(47-21-7-2-8-22-47)43-54(42-52)50-36-40-65-62(44-50)60-39-35-51(45-66(60)74-65)68-71-67(72-69(73-68)61-30-14-13-27-57(61)48-23-9-3-10-24-48)49-33-37-56(38-34-49)70(55-25-11-4-12-26-55)63-31-17-15-28-58(63)59-29-16-18-32-64(59)70/h1-45H/i35D,36D,39D,40D,44D,45D. The summed E-state index contributed by atoms with van der Waals surface area (Å²) in [6.45, 7) is 0. The largest absolute Gasteiger partial charge is 0.208 e. The van der Waals surface area contributed by atoms with Crippen molar-refractivity contribution in [2.75, 3.05) is 0 Å². The summed E-state index contributed by atoms with van der Waals surface area (Å²) in [5.41, 5.74) is 14.1. The lowest BCUT2D eigenvalue weighted by Crippen LogP contribution is -2.28. The van der Waals surface area contributed by atoms with Gasteiger partial charge in [-0.15, -0.1) is 11.3 Å². The Kier molecular flexibility index (Phi) is 9.13. The lowest BCUT2D eigenvalue weighted by Gasteiger charge is -2.34. The third-order valence-electron chi connectivity index (χ3n) is 14.3. The average molecular weight is 966 g/mol. The monoisotopic (exact) mass is 965 g/mol. The average Bonchev–Trinajstić information content (AvgIpc) is 4.29. The molecule has 0 unspecified atom stereocenters. The maximum absolute atomic E-state index is 10.0. The van der Waals surface area contributed by atoms with E-state index in [9.17, 15) is 8.22 Å². The molecule has 0 atom stereocenters. The molecular weight excluding hydrogens is 915 g/mol. The molecule has 1 aliphatic rings. The van der Waals surface area contributed by atoms with Crippen molar-refractivity contribution in [3.8, 4) is 89.8 Å². The van der Waals surface area contributed by atoms with Gasteiger partial charge < -0.3 is 0 Å². The van der Waals surface area contributed by atoms with Gasteiger partial charge in [0.15, 0.2) is 17.5 Å². The van der Waals surface area contributed by atoms with Gasteiger partial charge in [0, 0.05) is 36.9 Å². The van der Waals surface area contributed by atoms with Crippen molar-refractivity contribution in [1.29, 1.82) is 0 Å². The fourth-order valence-electron chi connectivity index (χ4n) is 10.9. The molecule has 0 aliphatic heterocycles. The molecule has 13 aromatic rings. The molecule has 3 nitrogen and oxygen atoms in total. The molecule has 0 amide bonds. The summed E-state index contributed by atoms with van der Waals surface area (Å²) < 4.78 is 59.2. The quantitative estimate of drug-likeness (QED) is 0.145. The first-order valence-electron chi connectivity index (χ1n) is 27.7. The van der Waals surface area contributed by atoms with E-state index in [0.29, 0.717) is 32.2 Å². The van der Waals surface area contributed by atoms with Gasteiger partial charge in [0.25, 0.3) is 0 Å². The van der Waals surface area contributed by atoms with Gasteiger partial charge in [-0.05, 0) is 114 Å². The number of rotatable bonds is 9. The topological polar surface area (TPSA) is 38.7 Å². The van der Waals surface area contributed by atoms with Crippen molar-refractivity contribution < 1.29 is 8.22 Å². The van der Waals surface area contributed by atoms with E-state index >= 15 is 0 Å². The number of hydrogen-bond acceptors (Lipinski definition) is 4. The third kappa shape index (κ3) is 7.38. The molecule has 11 aromatic carbocycles. The van der Waals surface area contributed by atoms with Gasteiger partial charge in [0.2, 0.25) is 0 Å². The molecule has 0 bridgehead atoms. The van der Waals surface area contributed by atoms with Crippen LogP contribution in [0.3, 0.4) is 0 Å². The highest BCUT2D eigenvalue weighted by molar-refractivity contribution is 7.25. The number of aromatic nitrogens is 3. The first kappa shape index (κ1) is 37.4. The van der Waals surface area contributed by atoms with Gasteiger partial charge in [-0.25, -0.2) is 15.0 Å². The lowest BCUT2D eigenvalue weighted by atomic mass is 9.67. The molecule has 0 fully saturated rings. The third-order valence-corrected chi connectivity index (χ3v) is 15.3. The Morgan fingerprint density at radius 1 is 0.297 bits per heavy atom. The van der Waals surface area contributed by atoms with E-state index in [-0.39, 0.29) is 64.0 Å². The van der Waals surface area contributed by atoms with Crippen molar-refractivity contribution >= 4 is 31.5 Å². The molecule has 2 heterocycles. The zero-order chi connectivity index (χ0) is 54.2. The summed E-state index contributed by atoms with van der Waals surface area (Å²) in [6, 6.07) is 79.0. The second-order valence-corrected chi connectivity index (χ2v) is 19.6. The molecule has 2 aromatic heterocycles. The van der Waals surface area contributed by atoms with Crippen LogP contribution in [0.2, 0.25) is 0 Å². The van der Waals surface area contributed by atoms with E-state index in [2.05, 4.69) is 91.0 Å². The van der Waals surface area contributed by atoms with Crippen molar-refractivity contribution in [2.45, 2.75) is 5.41 Å². The van der Waals surface area contributed by atoms with Crippen LogP contribution in [-0.4, -0.2) is 15.0 Å². The summed E-state index contributed by atoms with van der Waals surface area (Å²) in [5.74, 6) is 0.692. The summed E-state index contributed by atoms with van der Waals surface area (Å²) in [5, 5.41) is 0.480. The van der Waals surface area contributed by atoms with Gasteiger partial charge in [-0.2, -0.15) is 0 Å². The number of hydrogen-bond donors (Lipinski definition) is 0. The Morgan fingerprint density at radius 3 is 1.36 bits per heavy atom. The summed E-state index contributed by atoms with van der Waals surface area (Å²) in [7, 11) is 0. The molecular formula is C70H45N3S. The molecule has 0 saturated carbocycles. The number of nitrogens with zero attached hydrogens (tertiary/aromatic N) is 3. The van der Waals surface area contributed by atoms with Crippen molar-refractivity contribution in [3.05, 3.63) is 295 Å². The van der Waals surface area contributed by atoms with Crippen LogP contribution in [0.1, 0.15) is 30.5 Å². The molecule has 0 N–H and O–H groups in total. The molecule has 4 heteroatoms. The van der Waals surface area contributed by atoms with Gasteiger partial charge in [-0.3, -0.25) is 0 Å². The van der Waals surface area contributed by atoms with Crippen LogP contribution in [0.4, 0.5) is 0 Å². The Morgan fingerprint density at radius 2 is 0.757 bits per heavy atom. The minimum Gasteiger partial charge on any atom is -0.208 e. The molecule has 346 valence electrons. The fraction of sp³-hybridized carbons (Fsp3) is 0.0143. The van der Waals surface area contributed by atoms with E-state index in [1.807, 2.05) is 146 Å². The van der Waals surface area contributed by atoms with E-state index in [4.69, 9.17) is 15.0 Å². The number of fused-ring (bicyclic) bond motifs is 6. The Bertz CT molecular complexity index is 4490. The van der Waals surface area contributed by atoms with Crippen molar-refractivity contribution in [1.82, 2.24) is 15.0 Å². The SMILES string of the molecule is [2H]c1c(-c2cc(-c3ccccc3)cc(-c3ccccc3)c2)c([2H])c2c(sc3c([2H])c(-c4nc(-c5ccc(C6(c7ccccc7)c7ccccc7-c7ccccc76)cc5)nc(-c5ccccc5-c5ccccc5)n4)c([2H])c([2H])c32)c1[2H]. The van der Waals surface area contributed by atoms with Crippen LogP contribution in [0.5, 0.6) is 0 Å². The lowest BCUT2D eigenvalue weighted by molar-refractivity contribution is 0.768. The second kappa shape index (κ2) is 18.0. The van der Waals surface area contributed by atoms with Gasteiger partial charge in [0.1, 0.15) is 0 Å². The van der Waals surface area contributed by atoms with Gasteiger partial charge in [-0.1, -0.05) is 237 Å². The first-order valence-corrected chi connectivity index (χ1v) is 25.5. The van der Waals surface area contributed by atoms with Crippen LogP contribution in [0.15, 0.2) is 273 Å². The van der Waals surface area contributed by atoms with E-state index in [1.165, 1.54) is 22.3 Å². The highest BCUT2D eigenvalue weighted by Crippen LogP contribution is 2.56. The van der Waals surface area contributed by atoms with Crippen LogP contribution < -0.4 is 0 Å². The molecule has 0 saturated heterocycles. The first-order chi connectivity index (χ1) is 39.2. The number of thiophene rings is 1. The summed E-state index contributed by atoms with van der Waals surface area (Å²) in [4.78, 5) is 15.4. The highest BCUT2D eigenvalue weighted by Gasteiger charge is 2.45. The van der Waals surface area contributed by atoms with Crippen LogP contribution in [0.25, 0.3) is 110 Å². The Balaban J connectivity index is 0.965. The zero-order valence-corrected chi connectivity index (χ0v) is 40.6. The molecule has 1 aliphatic carbocycles. The van der Waals surface area contributed by atoms with Crippen molar-refractivity contribution in [2.24, 2.45) is 0 Å². The fourth-order valence-corrected chi connectivity index (χ4v) is 11.8. The minimum atomic E-state index is -0.627. The zero-order valence-electron chi connectivity index (χ0n) is 45.8. The molecule has 14 rings (SSSR count). The molecule has 0 radical (unpaired) electrons. The van der Waals surface area contributed by atoms with Crippen LogP contribution >= 0.6 is 11.3 Å². The smallest absolute Gasteiger partial charge is 0.164 e. The van der Waals surface area contributed by atoms with Gasteiger partial charge >= 0.3 is 0 Å². The Labute approximate surface area is 442 Å². The predicted octanol–water partition coefficient (Wildman–Crippen LogP) is 18.3. The summed E-state index contributed by atoms with van der Waals surface area (Å²) >= 11 is 1.09. The van der Waals surface area contributed by atoms with Crippen molar-refractivity contribution in [3.63, 3.8) is 0 Å². The minimum absolute atomic E-state index is 0.0300. The van der Waals surface area contributed by atoms with Gasteiger partial charge in [0.05, 0.1) is 13.6 Å².